The molecule has 0 radical (unpaired) electrons. The molecule has 0 aliphatic carbocycles. The van der Waals surface area contributed by atoms with Gasteiger partial charge >= 0.3 is 0 Å². The monoisotopic (exact) mass is 364 g/mol. The lowest BCUT2D eigenvalue weighted by Crippen LogP contribution is -2.28. The third-order valence-electron chi connectivity index (χ3n) is 3.79. The topological polar surface area (TPSA) is 80.0 Å². The lowest BCUT2D eigenvalue weighted by Gasteiger charge is -2.10. The summed E-state index contributed by atoms with van der Waals surface area (Å²) in [5, 5.41) is 8.99. The fourth-order valence-electron chi connectivity index (χ4n) is 2.58. The molecule has 0 spiro atoms. The van der Waals surface area contributed by atoms with Crippen molar-refractivity contribution in [1.82, 2.24) is 15.3 Å². The molecule has 6 nitrogen and oxygen atoms in total. The average molecular weight is 364 g/mol. The van der Waals surface area contributed by atoms with Crippen LogP contribution in [0.1, 0.15) is 9.67 Å². The van der Waals surface area contributed by atoms with E-state index < -0.39 is 0 Å². The second-order valence-corrected chi connectivity index (χ2v) is 6.50. The Morgan fingerprint density at radius 2 is 1.96 bits per heavy atom. The van der Waals surface area contributed by atoms with Crippen LogP contribution in [0.2, 0.25) is 0 Å². The van der Waals surface area contributed by atoms with Crippen molar-refractivity contribution in [2.45, 2.75) is 0 Å². The number of aromatic nitrogens is 2. The third kappa shape index (κ3) is 3.43. The van der Waals surface area contributed by atoms with Gasteiger partial charge in [-0.05, 0) is 35.7 Å². The van der Waals surface area contributed by atoms with E-state index in [4.69, 9.17) is 4.42 Å². The van der Waals surface area contributed by atoms with Gasteiger partial charge in [0.1, 0.15) is 5.82 Å². The number of fused-ring (bicyclic) bond motifs is 1. The second kappa shape index (κ2) is 7.37. The van der Waals surface area contributed by atoms with E-state index in [1.165, 1.54) is 11.3 Å². The minimum absolute atomic E-state index is 0.0642. The molecular formula is C19H16N4O2S. The van der Waals surface area contributed by atoms with Crippen LogP contribution in [0.25, 0.3) is 22.5 Å². The zero-order chi connectivity index (χ0) is 17.8. The first-order chi connectivity index (χ1) is 12.8. The number of para-hydroxylation sites is 1. The third-order valence-corrected chi connectivity index (χ3v) is 4.66. The van der Waals surface area contributed by atoms with Gasteiger partial charge in [-0.1, -0.05) is 18.2 Å². The van der Waals surface area contributed by atoms with Crippen LogP contribution in [0.5, 0.6) is 0 Å². The summed E-state index contributed by atoms with van der Waals surface area (Å²) in [5.41, 5.74) is 0.832. The number of nitrogens with one attached hydrogen (secondary N) is 2. The van der Waals surface area contributed by atoms with Crippen LogP contribution in [0.4, 0.5) is 5.82 Å². The van der Waals surface area contributed by atoms with Gasteiger partial charge in [-0.25, -0.2) is 9.97 Å². The maximum Gasteiger partial charge on any atom is 0.261 e. The van der Waals surface area contributed by atoms with Crippen molar-refractivity contribution in [3.63, 3.8) is 0 Å². The molecule has 26 heavy (non-hydrogen) atoms. The summed E-state index contributed by atoms with van der Waals surface area (Å²) in [5.74, 6) is 1.79. The van der Waals surface area contributed by atoms with Gasteiger partial charge in [-0.3, -0.25) is 4.79 Å². The summed E-state index contributed by atoms with van der Waals surface area (Å²) >= 11 is 1.42. The summed E-state index contributed by atoms with van der Waals surface area (Å²) in [6.07, 6.45) is 1.60. The quantitative estimate of drug-likeness (QED) is 0.509. The molecule has 7 heteroatoms. The molecule has 0 aliphatic heterocycles. The Labute approximate surface area is 153 Å². The van der Waals surface area contributed by atoms with Gasteiger partial charge in [0.2, 0.25) is 0 Å². The van der Waals surface area contributed by atoms with Gasteiger partial charge in [0.25, 0.3) is 5.91 Å². The van der Waals surface area contributed by atoms with Crippen LogP contribution in [-0.2, 0) is 0 Å². The number of thiophene rings is 1. The Hall–Kier alpha value is -3.19. The Morgan fingerprint density at radius 3 is 2.77 bits per heavy atom. The lowest BCUT2D eigenvalue weighted by molar-refractivity contribution is 0.0959. The molecule has 3 aromatic heterocycles. The maximum atomic E-state index is 12.0. The number of amides is 1. The molecule has 0 saturated heterocycles. The summed E-state index contributed by atoms with van der Waals surface area (Å²) < 4.78 is 5.41. The molecule has 2 N–H and O–H groups in total. The first-order valence-corrected chi connectivity index (χ1v) is 9.05. The highest BCUT2D eigenvalue weighted by atomic mass is 32.1. The molecule has 0 fully saturated rings. The number of benzene rings is 1. The largest absolute Gasteiger partial charge is 0.461 e. The zero-order valence-electron chi connectivity index (χ0n) is 13.8. The molecule has 0 saturated carbocycles. The van der Waals surface area contributed by atoms with Gasteiger partial charge in [0.15, 0.2) is 11.6 Å². The smallest absolute Gasteiger partial charge is 0.261 e. The Kier molecular flexibility index (Phi) is 4.61. The lowest BCUT2D eigenvalue weighted by atomic mass is 10.2. The summed E-state index contributed by atoms with van der Waals surface area (Å²) in [6.45, 7) is 1.04. The molecular weight excluding hydrogens is 348 g/mol. The molecule has 4 rings (SSSR count). The van der Waals surface area contributed by atoms with E-state index >= 15 is 0 Å². The number of nitrogens with zero attached hydrogens (tertiary/aromatic N) is 2. The highest BCUT2D eigenvalue weighted by molar-refractivity contribution is 7.12. The number of hydrogen-bond acceptors (Lipinski definition) is 6. The van der Waals surface area contributed by atoms with Crippen molar-refractivity contribution < 1.29 is 9.21 Å². The number of carbonyl (C=O) groups is 1. The van der Waals surface area contributed by atoms with Crippen LogP contribution in [0.3, 0.4) is 0 Å². The normalized spacial score (nSPS) is 10.8. The highest BCUT2D eigenvalue weighted by Gasteiger charge is 2.11. The Bertz CT molecular complexity index is 1010. The van der Waals surface area contributed by atoms with Gasteiger partial charge < -0.3 is 15.1 Å². The van der Waals surface area contributed by atoms with E-state index in [1.807, 2.05) is 41.8 Å². The number of carbonyl (C=O) groups excluding carboxylic acids is 1. The number of furan rings is 1. The van der Waals surface area contributed by atoms with Crippen molar-refractivity contribution in [3.8, 4) is 11.6 Å². The van der Waals surface area contributed by atoms with Crippen LogP contribution in [0.15, 0.2) is 64.6 Å². The zero-order valence-corrected chi connectivity index (χ0v) is 14.6. The minimum Gasteiger partial charge on any atom is -0.461 e. The van der Waals surface area contributed by atoms with Gasteiger partial charge in [0, 0.05) is 18.5 Å². The molecule has 0 atom stereocenters. The first-order valence-electron chi connectivity index (χ1n) is 8.17. The molecule has 0 aliphatic rings. The van der Waals surface area contributed by atoms with E-state index in [1.54, 1.807) is 18.4 Å². The number of rotatable bonds is 6. The van der Waals surface area contributed by atoms with Crippen molar-refractivity contribution in [2.24, 2.45) is 0 Å². The van der Waals surface area contributed by atoms with Crippen molar-refractivity contribution in [3.05, 3.63) is 65.1 Å². The Morgan fingerprint density at radius 1 is 1.04 bits per heavy atom. The van der Waals surface area contributed by atoms with Crippen LogP contribution >= 0.6 is 11.3 Å². The van der Waals surface area contributed by atoms with Crippen LogP contribution in [0, 0.1) is 0 Å². The average Bonchev–Trinajstić information content (AvgIpc) is 3.38. The van der Waals surface area contributed by atoms with Crippen LogP contribution in [-0.4, -0.2) is 29.0 Å². The highest BCUT2D eigenvalue weighted by Crippen LogP contribution is 2.24. The van der Waals surface area contributed by atoms with E-state index in [9.17, 15) is 4.79 Å². The molecule has 1 amide bonds. The standard InChI is InChI=1S/C19H16N4O2S/c24-19(16-8-4-12-26-16)21-10-9-20-17-13-5-1-2-6-14(13)22-18(23-17)15-7-3-11-25-15/h1-8,11-12H,9-10H2,(H,21,24)(H,20,22,23). The van der Waals surface area contributed by atoms with Gasteiger partial charge in [-0.15, -0.1) is 11.3 Å². The van der Waals surface area contributed by atoms with E-state index in [-0.39, 0.29) is 5.91 Å². The fraction of sp³-hybridized carbons (Fsp3) is 0.105. The molecule has 0 bridgehead atoms. The van der Waals surface area contributed by atoms with E-state index in [0.717, 1.165) is 10.9 Å². The molecule has 0 unspecified atom stereocenters. The van der Waals surface area contributed by atoms with Gasteiger partial charge in [0.05, 0.1) is 16.7 Å². The van der Waals surface area contributed by atoms with E-state index in [0.29, 0.717) is 35.4 Å². The summed E-state index contributed by atoms with van der Waals surface area (Å²) in [4.78, 5) is 21.8. The predicted molar refractivity (Wildman–Crippen MR) is 102 cm³/mol. The van der Waals surface area contributed by atoms with Crippen LogP contribution < -0.4 is 10.6 Å². The van der Waals surface area contributed by atoms with E-state index in [2.05, 4.69) is 20.6 Å². The summed E-state index contributed by atoms with van der Waals surface area (Å²) in [7, 11) is 0. The maximum absolute atomic E-state index is 12.0. The van der Waals surface area contributed by atoms with Crippen molar-refractivity contribution in [1.29, 1.82) is 0 Å². The first kappa shape index (κ1) is 16.3. The van der Waals surface area contributed by atoms with Gasteiger partial charge in [-0.2, -0.15) is 0 Å². The molecule has 4 aromatic rings. The number of hydrogen-bond donors (Lipinski definition) is 2. The Balaban J connectivity index is 1.49. The summed E-state index contributed by atoms with van der Waals surface area (Å²) in [6, 6.07) is 15.1. The SMILES string of the molecule is O=C(NCCNc1nc(-c2ccco2)nc2ccccc12)c1cccs1. The fourth-order valence-corrected chi connectivity index (χ4v) is 3.22. The molecule has 130 valence electrons. The molecule has 1 aromatic carbocycles. The molecule has 3 heterocycles. The predicted octanol–water partition coefficient (Wildman–Crippen LogP) is 3.79. The second-order valence-electron chi connectivity index (χ2n) is 5.55. The minimum atomic E-state index is -0.0642. The van der Waals surface area contributed by atoms with Crippen molar-refractivity contribution in [2.75, 3.05) is 18.4 Å². The number of anilines is 1. The van der Waals surface area contributed by atoms with Crippen molar-refractivity contribution >= 4 is 34.0 Å².